The second-order valence-electron chi connectivity index (χ2n) is 6.02. The Morgan fingerprint density at radius 2 is 1.84 bits per heavy atom. The van der Waals surface area contributed by atoms with Crippen molar-refractivity contribution in [2.24, 2.45) is 0 Å². The molecule has 0 unspecified atom stereocenters. The van der Waals surface area contributed by atoms with Crippen LogP contribution in [0.4, 0.5) is 0 Å². The standard InChI is InChI=1S/C21H23IO3/c1-15(2)8-9-17-14-18(22)11-12-20(17)25-21(23)13-10-16-6-4-5-7-19(16)24-3/h4-8,11-12,14H,9-10,13H2,1-3H3. The number of rotatable bonds is 7. The lowest BCUT2D eigenvalue weighted by molar-refractivity contribution is -0.134. The van der Waals surface area contributed by atoms with Gasteiger partial charge in [-0.2, -0.15) is 0 Å². The van der Waals surface area contributed by atoms with Gasteiger partial charge in [-0.1, -0.05) is 29.8 Å². The first kappa shape index (κ1) is 19.5. The number of carbonyl (C=O) groups excluding carboxylic acids is 1. The maximum atomic E-state index is 12.3. The van der Waals surface area contributed by atoms with Gasteiger partial charge in [0.15, 0.2) is 0 Å². The lowest BCUT2D eigenvalue weighted by Crippen LogP contribution is -2.11. The van der Waals surface area contributed by atoms with Gasteiger partial charge in [-0.3, -0.25) is 4.79 Å². The fraction of sp³-hybridized carbons (Fsp3) is 0.286. The number of hydrogen-bond acceptors (Lipinski definition) is 3. The number of para-hydroxylation sites is 1. The monoisotopic (exact) mass is 450 g/mol. The van der Waals surface area contributed by atoms with E-state index in [-0.39, 0.29) is 5.97 Å². The molecule has 132 valence electrons. The van der Waals surface area contributed by atoms with Gasteiger partial charge in [0, 0.05) is 3.57 Å². The molecule has 0 atom stereocenters. The minimum absolute atomic E-state index is 0.231. The van der Waals surface area contributed by atoms with Crippen molar-refractivity contribution in [2.45, 2.75) is 33.1 Å². The summed E-state index contributed by atoms with van der Waals surface area (Å²) in [5, 5.41) is 0. The van der Waals surface area contributed by atoms with Crippen LogP contribution in [0.1, 0.15) is 31.4 Å². The number of halogens is 1. The Bertz CT molecular complexity index is 761. The van der Waals surface area contributed by atoms with Gasteiger partial charge >= 0.3 is 5.97 Å². The molecular formula is C21H23IO3. The van der Waals surface area contributed by atoms with E-state index in [2.05, 4.69) is 48.6 Å². The minimum atomic E-state index is -0.231. The molecule has 0 spiro atoms. The predicted molar refractivity (Wildman–Crippen MR) is 109 cm³/mol. The van der Waals surface area contributed by atoms with Crippen LogP contribution in [0, 0.1) is 3.57 Å². The first-order valence-electron chi connectivity index (χ1n) is 8.24. The maximum Gasteiger partial charge on any atom is 0.311 e. The molecule has 0 radical (unpaired) electrons. The summed E-state index contributed by atoms with van der Waals surface area (Å²) in [5.74, 6) is 1.21. The minimum Gasteiger partial charge on any atom is -0.496 e. The second kappa shape index (κ2) is 9.61. The number of ether oxygens (including phenoxy) is 2. The van der Waals surface area contributed by atoms with E-state index in [1.54, 1.807) is 7.11 Å². The van der Waals surface area contributed by atoms with Gasteiger partial charge in [-0.15, -0.1) is 0 Å². The third-order valence-corrected chi connectivity index (χ3v) is 4.44. The van der Waals surface area contributed by atoms with Crippen molar-refractivity contribution in [3.05, 3.63) is 68.8 Å². The second-order valence-corrected chi connectivity index (χ2v) is 7.27. The Kier molecular flexibility index (Phi) is 7.50. The maximum absolute atomic E-state index is 12.3. The van der Waals surface area contributed by atoms with E-state index in [1.807, 2.05) is 36.4 Å². The molecule has 0 saturated carbocycles. The number of aryl methyl sites for hydroxylation is 1. The molecular weight excluding hydrogens is 427 g/mol. The number of allylic oxidation sites excluding steroid dienone is 2. The van der Waals surface area contributed by atoms with Crippen molar-refractivity contribution < 1.29 is 14.3 Å². The molecule has 4 heteroatoms. The molecule has 0 aliphatic carbocycles. The van der Waals surface area contributed by atoms with Crippen LogP contribution >= 0.6 is 22.6 Å². The molecule has 0 aromatic heterocycles. The highest BCUT2D eigenvalue weighted by Crippen LogP contribution is 2.24. The first-order chi connectivity index (χ1) is 12.0. The molecule has 25 heavy (non-hydrogen) atoms. The zero-order valence-corrected chi connectivity index (χ0v) is 17.0. The van der Waals surface area contributed by atoms with Crippen LogP contribution < -0.4 is 9.47 Å². The van der Waals surface area contributed by atoms with E-state index in [0.717, 1.165) is 26.9 Å². The van der Waals surface area contributed by atoms with Crippen molar-refractivity contribution in [3.8, 4) is 11.5 Å². The smallest absolute Gasteiger partial charge is 0.311 e. The van der Waals surface area contributed by atoms with Crippen molar-refractivity contribution in [3.63, 3.8) is 0 Å². The average Bonchev–Trinajstić information content (AvgIpc) is 2.60. The normalized spacial score (nSPS) is 10.2. The number of carbonyl (C=O) groups is 1. The molecule has 0 saturated heterocycles. The lowest BCUT2D eigenvalue weighted by Gasteiger charge is -2.11. The van der Waals surface area contributed by atoms with E-state index in [1.165, 1.54) is 5.57 Å². The summed E-state index contributed by atoms with van der Waals surface area (Å²) in [6, 6.07) is 13.6. The average molecular weight is 450 g/mol. The van der Waals surface area contributed by atoms with Crippen molar-refractivity contribution >= 4 is 28.6 Å². The predicted octanol–water partition coefficient (Wildman–Crippen LogP) is 5.35. The summed E-state index contributed by atoms with van der Waals surface area (Å²) in [6.07, 6.45) is 3.80. The molecule has 2 aromatic carbocycles. The Hall–Kier alpha value is -1.82. The van der Waals surface area contributed by atoms with Gasteiger partial charge in [0.25, 0.3) is 0 Å². The molecule has 0 aliphatic rings. The fourth-order valence-corrected chi connectivity index (χ4v) is 3.00. The summed E-state index contributed by atoms with van der Waals surface area (Å²) in [5.41, 5.74) is 3.28. The molecule has 2 aromatic rings. The van der Waals surface area contributed by atoms with E-state index in [0.29, 0.717) is 18.6 Å². The third-order valence-electron chi connectivity index (χ3n) is 3.77. The Balaban J connectivity index is 2.04. The number of methoxy groups -OCH3 is 1. The van der Waals surface area contributed by atoms with Crippen LogP contribution in [0.15, 0.2) is 54.1 Å². The largest absolute Gasteiger partial charge is 0.496 e. The Labute approximate surface area is 163 Å². The van der Waals surface area contributed by atoms with E-state index in [4.69, 9.17) is 9.47 Å². The van der Waals surface area contributed by atoms with Gasteiger partial charge in [0.1, 0.15) is 11.5 Å². The summed E-state index contributed by atoms with van der Waals surface area (Å²) in [7, 11) is 1.64. The zero-order chi connectivity index (χ0) is 18.2. The number of esters is 1. The van der Waals surface area contributed by atoms with E-state index < -0.39 is 0 Å². The molecule has 3 nitrogen and oxygen atoms in total. The SMILES string of the molecule is COc1ccccc1CCC(=O)Oc1ccc(I)cc1CC=C(C)C. The van der Waals surface area contributed by atoms with Crippen molar-refractivity contribution in [1.29, 1.82) is 0 Å². The van der Waals surface area contributed by atoms with Crippen LogP contribution in [0.3, 0.4) is 0 Å². The summed E-state index contributed by atoms with van der Waals surface area (Å²) in [4.78, 5) is 12.3. The molecule has 0 aliphatic heterocycles. The molecule has 2 rings (SSSR count). The van der Waals surface area contributed by atoms with Gasteiger partial charge in [0.05, 0.1) is 13.5 Å². The highest BCUT2D eigenvalue weighted by molar-refractivity contribution is 14.1. The van der Waals surface area contributed by atoms with Gasteiger partial charge in [-0.25, -0.2) is 0 Å². The van der Waals surface area contributed by atoms with E-state index >= 15 is 0 Å². The lowest BCUT2D eigenvalue weighted by atomic mass is 10.1. The van der Waals surface area contributed by atoms with Gasteiger partial charge < -0.3 is 9.47 Å². The molecule has 0 fully saturated rings. The Morgan fingerprint density at radius 1 is 1.08 bits per heavy atom. The molecule has 0 heterocycles. The molecule has 0 bridgehead atoms. The quantitative estimate of drug-likeness (QED) is 0.247. The molecule has 0 N–H and O–H groups in total. The van der Waals surface area contributed by atoms with Crippen LogP contribution in [-0.4, -0.2) is 13.1 Å². The van der Waals surface area contributed by atoms with Crippen LogP contribution in [-0.2, 0) is 17.6 Å². The van der Waals surface area contributed by atoms with Crippen LogP contribution in [0.25, 0.3) is 0 Å². The fourth-order valence-electron chi connectivity index (χ4n) is 2.44. The summed E-state index contributed by atoms with van der Waals surface area (Å²) in [6.45, 7) is 4.12. The van der Waals surface area contributed by atoms with E-state index in [9.17, 15) is 4.79 Å². The first-order valence-corrected chi connectivity index (χ1v) is 9.32. The van der Waals surface area contributed by atoms with Crippen molar-refractivity contribution in [1.82, 2.24) is 0 Å². The van der Waals surface area contributed by atoms with Crippen LogP contribution in [0.5, 0.6) is 11.5 Å². The zero-order valence-electron chi connectivity index (χ0n) is 14.8. The Morgan fingerprint density at radius 3 is 2.56 bits per heavy atom. The van der Waals surface area contributed by atoms with Gasteiger partial charge in [0.2, 0.25) is 0 Å². The third kappa shape index (κ3) is 6.20. The summed E-state index contributed by atoms with van der Waals surface area (Å²) >= 11 is 2.27. The summed E-state index contributed by atoms with van der Waals surface area (Å²) < 4.78 is 12.1. The highest BCUT2D eigenvalue weighted by Gasteiger charge is 2.11. The van der Waals surface area contributed by atoms with Gasteiger partial charge in [-0.05, 0) is 84.7 Å². The van der Waals surface area contributed by atoms with Crippen molar-refractivity contribution in [2.75, 3.05) is 7.11 Å². The number of benzene rings is 2. The topological polar surface area (TPSA) is 35.5 Å². The van der Waals surface area contributed by atoms with Crippen LogP contribution in [0.2, 0.25) is 0 Å². The number of hydrogen-bond donors (Lipinski definition) is 0. The molecule has 0 amide bonds. The highest BCUT2D eigenvalue weighted by atomic mass is 127.